The van der Waals surface area contributed by atoms with Gasteiger partial charge in [0.15, 0.2) is 5.65 Å². The van der Waals surface area contributed by atoms with E-state index >= 15 is 0 Å². The first-order valence-electron chi connectivity index (χ1n) is 12.2. The molecule has 1 aliphatic carbocycles. The molecule has 1 saturated carbocycles. The maximum Gasteiger partial charge on any atom is 0.254 e. The predicted octanol–water partition coefficient (Wildman–Crippen LogP) is 3.45. The van der Waals surface area contributed by atoms with Gasteiger partial charge in [-0.3, -0.25) is 14.9 Å². The highest BCUT2D eigenvalue weighted by Crippen LogP contribution is 2.29. The third kappa shape index (κ3) is 4.57. The number of nitrogens with zero attached hydrogens (tertiary/aromatic N) is 5. The first-order valence-corrected chi connectivity index (χ1v) is 12.2. The third-order valence-electron chi connectivity index (χ3n) is 6.55. The summed E-state index contributed by atoms with van der Waals surface area (Å²) in [7, 11) is 0. The maximum atomic E-state index is 12.1. The lowest BCUT2D eigenvalue weighted by Gasteiger charge is -2.12. The molecular weight excluding hydrogens is 466 g/mol. The molecule has 2 aliphatic rings. The summed E-state index contributed by atoms with van der Waals surface area (Å²) in [5.41, 5.74) is 5.28. The first kappa shape index (κ1) is 22.6. The predicted molar refractivity (Wildman–Crippen MR) is 137 cm³/mol. The Kier molecular flexibility index (Phi) is 5.69. The molecule has 6 rings (SSSR count). The van der Waals surface area contributed by atoms with E-state index in [1.165, 1.54) is 0 Å². The summed E-state index contributed by atoms with van der Waals surface area (Å²) in [6.07, 6.45) is 6.76. The van der Waals surface area contributed by atoms with Gasteiger partial charge in [0, 0.05) is 23.6 Å². The molecule has 2 aromatic carbocycles. The molecule has 2 N–H and O–H groups in total. The van der Waals surface area contributed by atoms with E-state index in [0.717, 1.165) is 29.5 Å². The van der Waals surface area contributed by atoms with Crippen molar-refractivity contribution in [3.8, 4) is 17.2 Å². The number of fused-ring (bicyclic) bond motifs is 1. The fourth-order valence-corrected chi connectivity index (χ4v) is 4.53. The van der Waals surface area contributed by atoms with Crippen LogP contribution in [0.4, 0.5) is 5.95 Å². The summed E-state index contributed by atoms with van der Waals surface area (Å²) in [6.45, 7) is 0. The van der Waals surface area contributed by atoms with Crippen molar-refractivity contribution in [1.29, 1.82) is 5.26 Å². The summed E-state index contributed by atoms with van der Waals surface area (Å²) >= 11 is 0. The number of carbonyl (C=O) groups is 2. The van der Waals surface area contributed by atoms with Crippen LogP contribution < -0.4 is 10.6 Å². The van der Waals surface area contributed by atoms with E-state index in [-0.39, 0.29) is 18.2 Å². The van der Waals surface area contributed by atoms with Crippen LogP contribution in [0.2, 0.25) is 0 Å². The number of nitrogens with one attached hydrogen (secondary N) is 2. The van der Waals surface area contributed by atoms with Crippen LogP contribution in [0, 0.1) is 11.3 Å². The van der Waals surface area contributed by atoms with Crippen LogP contribution in [0.15, 0.2) is 60.3 Å². The molecule has 0 bridgehead atoms. The smallest absolute Gasteiger partial charge is 0.254 e. The summed E-state index contributed by atoms with van der Waals surface area (Å²) in [4.78, 5) is 33.3. The number of aryl methyl sites for hydroxylation is 2. The van der Waals surface area contributed by atoms with Crippen LogP contribution in [-0.2, 0) is 22.4 Å². The second kappa shape index (κ2) is 9.32. The molecule has 2 aromatic heterocycles. The van der Waals surface area contributed by atoms with Crippen molar-refractivity contribution in [2.45, 2.75) is 38.1 Å². The molecule has 2 fully saturated rings. The Hall–Kier alpha value is -4.84. The molecule has 0 atom stereocenters. The zero-order valence-electron chi connectivity index (χ0n) is 19.9. The number of anilines is 1. The van der Waals surface area contributed by atoms with Crippen molar-refractivity contribution < 1.29 is 9.59 Å². The Labute approximate surface area is 212 Å². The lowest BCUT2D eigenvalue weighted by Crippen LogP contribution is -2.19. The van der Waals surface area contributed by atoms with Crippen molar-refractivity contribution in [2.75, 3.05) is 5.32 Å². The standard InChI is InChI=1S/C28H23N7O2/c29-15-18-6-2-4-8-23(18)22-7-3-1-5-17(22)9-12-24-32-26-20(13-19-14-25(36)34-27(19)37)16-30-35(26)28(33-24)31-21-10-11-21/h1-8,13,16,21H,9-12,14H2,(H,31,32,33)(H,34,36,37)/b19-13+. The number of hydrogen-bond donors (Lipinski definition) is 2. The topological polar surface area (TPSA) is 125 Å². The zero-order chi connectivity index (χ0) is 25.4. The second-order valence-electron chi connectivity index (χ2n) is 9.26. The third-order valence-corrected chi connectivity index (χ3v) is 6.55. The molecule has 9 heteroatoms. The Balaban J connectivity index is 1.35. The van der Waals surface area contributed by atoms with E-state index < -0.39 is 0 Å². The monoisotopic (exact) mass is 489 g/mol. The molecular formula is C28H23N7O2. The fourth-order valence-electron chi connectivity index (χ4n) is 4.53. The number of carbonyl (C=O) groups excluding carboxylic acids is 2. The van der Waals surface area contributed by atoms with Crippen LogP contribution in [0.1, 0.15) is 41.8 Å². The van der Waals surface area contributed by atoms with Crippen LogP contribution in [0.25, 0.3) is 22.9 Å². The van der Waals surface area contributed by atoms with Crippen LogP contribution in [-0.4, -0.2) is 37.4 Å². The van der Waals surface area contributed by atoms with Gasteiger partial charge >= 0.3 is 0 Å². The molecule has 0 unspecified atom stereocenters. The first-order chi connectivity index (χ1) is 18.1. The molecule has 0 spiro atoms. The van der Waals surface area contributed by atoms with E-state index in [2.05, 4.69) is 27.9 Å². The highest BCUT2D eigenvalue weighted by molar-refractivity contribution is 6.15. The number of aromatic nitrogens is 4. The molecule has 0 radical (unpaired) electrons. The Morgan fingerprint density at radius 1 is 1.05 bits per heavy atom. The van der Waals surface area contributed by atoms with Gasteiger partial charge in [-0.05, 0) is 48.1 Å². The number of imide groups is 1. The van der Waals surface area contributed by atoms with Gasteiger partial charge < -0.3 is 5.32 Å². The van der Waals surface area contributed by atoms with Crippen LogP contribution >= 0.6 is 0 Å². The van der Waals surface area contributed by atoms with Gasteiger partial charge in [-0.25, -0.2) is 4.98 Å². The molecule has 182 valence electrons. The van der Waals surface area contributed by atoms with Crippen LogP contribution in [0.3, 0.4) is 0 Å². The Morgan fingerprint density at radius 3 is 2.59 bits per heavy atom. The van der Waals surface area contributed by atoms with E-state index in [9.17, 15) is 14.9 Å². The molecule has 1 aliphatic heterocycles. The number of benzene rings is 2. The summed E-state index contributed by atoms with van der Waals surface area (Å²) in [5, 5.41) is 19.8. The largest absolute Gasteiger partial charge is 0.351 e. The van der Waals surface area contributed by atoms with Crippen molar-refractivity contribution in [3.63, 3.8) is 0 Å². The van der Waals surface area contributed by atoms with Crippen molar-refractivity contribution in [1.82, 2.24) is 24.9 Å². The van der Waals surface area contributed by atoms with Gasteiger partial charge in [0.1, 0.15) is 5.82 Å². The summed E-state index contributed by atoms with van der Waals surface area (Å²) in [5.74, 6) is 0.563. The number of nitriles is 1. The normalized spacial score (nSPS) is 16.2. The number of hydrogen-bond acceptors (Lipinski definition) is 7. The highest BCUT2D eigenvalue weighted by Gasteiger charge is 2.26. The molecule has 9 nitrogen and oxygen atoms in total. The zero-order valence-corrected chi connectivity index (χ0v) is 19.9. The number of rotatable bonds is 7. The molecule has 4 aromatic rings. The van der Waals surface area contributed by atoms with Crippen molar-refractivity contribution >= 4 is 29.5 Å². The van der Waals surface area contributed by atoms with Gasteiger partial charge in [-0.2, -0.15) is 19.9 Å². The average molecular weight is 490 g/mol. The highest BCUT2D eigenvalue weighted by atomic mass is 16.2. The summed E-state index contributed by atoms with van der Waals surface area (Å²) < 4.78 is 1.65. The van der Waals surface area contributed by atoms with E-state index in [1.807, 2.05) is 42.5 Å². The van der Waals surface area contributed by atoms with E-state index in [0.29, 0.717) is 53.0 Å². The van der Waals surface area contributed by atoms with Gasteiger partial charge in [0.25, 0.3) is 5.91 Å². The minimum atomic E-state index is -0.385. The van der Waals surface area contributed by atoms with Gasteiger partial charge in [0.2, 0.25) is 11.9 Å². The quantitative estimate of drug-likeness (QED) is 0.301. The van der Waals surface area contributed by atoms with Gasteiger partial charge in [-0.15, -0.1) is 0 Å². The minimum absolute atomic E-state index is 0.0439. The Morgan fingerprint density at radius 2 is 1.84 bits per heavy atom. The summed E-state index contributed by atoms with van der Waals surface area (Å²) in [6, 6.07) is 18.3. The van der Waals surface area contributed by atoms with Crippen molar-refractivity contribution in [2.24, 2.45) is 0 Å². The molecule has 37 heavy (non-hydrogen) atoms. The SMILES string of the molecule is N#Cc1ccccc1-c1ccccc1CCc1nc(NC2CC2)n2ncc(/C=C3\CC(=O)NC3=O)c2n1. The molecule has 3 heterocycles. The second-order valence-corrected chi connectivity index (χ2v) is 9.26. The lowest BCUT2D eigenvalue weighted by atomic mass is 9.93. The van der Waals surface area contributed by atoms with Gasteiger partial charge in [0.05, 0.1) is 24.3 Å². The molecule has 1 saturated heterocycles. The number of amides is 2. The maximum absolute atomic E-state index is 12.1. The van der Waals surface area contributed by atoms with Crippen molar-refractivity contribution in [3.05, 3.63) is 82.8 Å². The average Bonchev–Trinajstić information content (AvgIpc) is 3.55. The lowest BCUT2D eigenvalue weighted by molar-refractivity contribution is -0.124. The van der Waals surface area contributed by atoms with Crippen LogP contribution in [0.5, 0.6) is 0 Å². The molecule has 2 amide bonds. The Bertz CT molecular complexity index is 1630. The van der Waals surface area contributed by atoms with E-state index in [1.54, 1.807) is 16.8 Å². The minimum Gasteiger partial charge on any atom is -0.351 e. The van der Waals surface area contributed by atoms with E-state index in [4.69, 9.17) is 9.97 Å². The van der Waals surface area contributed by atoms with Gasteiger partial charge in [-0.1, -0.05) is 42.5 Å². The fraction of sp³-hybridized carbons (Fsp3) is 0.214.